The summed E-state index contributed by atoms with van der Waals surface area (Å²) >= 11 is 0. The number of fused-ring (bicyclic) bond motifs is 1. The van der Waals surface area contributed by atoms with Crippen molar-refractivity contribution in [3.05, 3.63) is 65.9 Å². The third kappa shape index (κ3) is 3.60. The van der Waals surface area contributed by atoms with Gasteiger partial charge in [-0.2, -0.15) is 4.98 Å². The van der Waals surface area contributed by atoms with Crippen LogP contribution < -0.4 is 10.2 Å². The number of benzene rings is 2. The van der Waals surface area contributed by atoms with Gasteiger partial charge in [-0.15, -0.1) is 5.10 Å². The Labute approximate surface area is 175 Å². The van der Waals surface area contributed by atoms with Gasteiger partial charge in [0, 0.05) is 37.5 Å². The molecule has 0 aliphatic carbocycles. The lowest BCUT2D eigenvalue weighted by atomic mass is 10.1. The zero-order valence-corrected chi connectivity index (χ0v) is 16.4. The lowest BCUT2D eigenvalue weighted by Crippen LogP contribution is -2.28. The lowest BCUT2D eigenvalue weighted by molar-refractivity contribution is 0.506. The molecule has 5 rings (SSSR count). The lowest BCUT2D eigenvalue weighted by Gasteiger charge is -2.27. The largest absolute Gasteiger partial charge is 0.441 e. The Morgan fingerprint density at radius 1 is 1.00 bits per heavy atom. The number of nitrogens with zero attached hydrogens (tertiary/aromatic N) is 5. The quantitative estimate of drug-likeness (QED) is 0.498. The van der Waals surface area contributed by atoms with Crippen LogP contribution in [0.4, 0.5) is 36.4 Å². The van der Waals surface area contributed by atoms with Crippen molar-refractivity contribution in [2.75, 3.05) is 16.8 Å². The number of oxazole rings is 1. The van der Waals surface area contributed by atoms with Crippen LogP contribution in [0.1, 0.15) is 12.3 Å². The van der Waals surface area contributed by atoms with Crippen molar-refractivity contribution in [3.8, 4) is 11.3 Å². The summed E-state index contributed by atoms with van der Waals surface area (Å²) in [6.45, 7) is 2.90. The predicted molar refractivity (Wildman–Crippen MR) is 108 cm³/mol. The van der Waals surface area contributed by atoms with Crippen LogP contribution in [0.5, 0.6) is 0 Å². The second kappa shape index (κ2) is 7.46. The van der Waals surface area contributed by atoms with Crippen LogP contribution in [0, 0.1) is 24.4 Å². The third-order valence-corrected chi connectivity index (χ3v) is 4.97. The Morgan fingerprint density at radius 2 is 1.87 bits per heavy atom. The molecular formula is C21H17F3N6O. The molecule has 31 heavy (non-hydrogen) atoms. The molecule has 158 valence electrons. The normalized spacial score (nSPS) is 13.4. The summed E-state index contributed by atoms with van der Waals surface area (Å²) < 4.78 is 48.6. The van der Waals surface area contributed by atoms with Gasteiger partial charge in [0.25, 0.3) is 0 Å². The van der Waals surface area contributed by atoms with Crippen LogP contribution in [0.25, 0.3) is 11.3 Å². The number of aryl methyl sites for hydroxylation is 2. The van der Waals surface area contributed by atoms with Crippen molar-refractivity contribution in [1.82, 2.24) is 19.7 Å². The van der Waals surface area contributed by atoms with E-state index in [-0.39, 0.29) is 5.95 Å². The van der Waals surface area contributed by atoms with E-state index in [1.165, 1.54) is 18.3 Å². The molecule has 0 saturated heterocycles. The first-order valence-electron chi connectivity index (χ1n) is 9.65. The van der Waals surface area contributed by atoms with Crippen LogP contribution in [0.2, 0.25) is 0 Å². The maximum absolute atomic E-state index is 14.6. The average molecular weight is 426 g/mol. The molecule has 4 aromatic rings. The molecule has 0 spiro atoms. The van der Waals surface area contributed by atoms with Crippen LogP contribution in [0.15, 0.2) is 47.0 Å². The van der Waals surface area contributed by atoms with Crippen LogP contribution in [-0.4, -0.2) is 26.3 Å². The fourth-order valence-electron chi connectivity index (χ4n) is 3.52. The standard InChI is InChI=1S/C21H17F3N6O/c1-12-25-11-19(31-12)15-5-3-13(9-17(15)23)26-20-27-21-29(7-2-8-30(21)28-20)14-4-6-16(22)18(24)10-14/h3-6,9-11H,2,7-8H2,1H3,(H,26,28). The van der Waals surface area contributed by atoms with Crippen molar-refractivity contribution < 1.29 is 17.6 Å². The fraction of sp³-hybridized carbons (Fsp3) is 0.190. The molecular weight excluding hydrogens is 409 g/mol. The summed E-state index contributed by atoms with van der Waals surface area (Å²) in [5.74, 6) is -0.746. The summed E-state index contributed by atoms with van der Waals surface area (Å²) in [7, 11) is 0. The molecule has 0 bridgehead atoms. The Hall–Kier alpha value is -3.82. The molecule has 1 N–H and O–H groups in total. The van der Waals surface area contributed by atoms with Gasteiger partial charge in [-0.25, -0.2) is 22.8 Å². The number of aromatic nitrogens is 4. The molecule has 0 atom stereocenters. The number of hydrogen-bond acceptors (Lipinski definition) is 6. The highest BCUT2D eigenvalue weighted by molar-refractivity contribution is 5.65. The summed E-state index contributed by atoms with van der Waals surface area (Å²) in [6, 6.07) is 8.30. The van der Waals surface area contributed by atoms with Crippen LogP contribution in [-0.2, 0) is 6.54 Å². The van der Waals surface area contributed by atoms with Gasteiger partial charge in [0.2, 0.25) is 11.9 Å². The molecule has 0 saturated carbocycles. The Kier molecular flexibility index (Phi) is 4.61. The molecule has 0 fully saturated rings. The van der Waals surface area contributed by atoms with E-state index in [4.69, 9.17) is 4.42 Å². The topological polar surface area (TPSA) is 72.0 Å². The molecule has 0 amide bonds. The van der Waals surface area contributed by atoms with Crippen molar-refractivity contribution in [2.24, 2.45) is 0 Å². The van der Waals surface area contributed by atoms with Gasteiger partial charge < -0.3 is 14.6 Å². The summed E-state index contributed by atoms with van der Waals surface area (Å²) in [4.78, 5) is 10.2. The zero-order valence-electron chi connectivity index (χ0n) is 16.4. The number of halogens is 3. The molecule has 7 nitrogen and oxygen atoms in total. The van der Waals surface area contributed by atoms with E-state index in [2.05, 4.69) is 20.4 Å². The molecule has 2 aromatic carbocycles. The predicted octanol–water partition coefficient (Wildman–Crippen LogP) is 4.94. The van der Waals surface area contributed by atoms with E-state index < -0.39 is 17.5 Å². The Morgan fingerprint density at radius 3 is 2.61 bits per heavy atom. The first kappa shape index (κ1) is 19.2. The van der Waals surface area contributed by atoms with Gasteiger partial charge in [-0.3, -0.25) is 0 Å². The van der Waals surface area contributed by atoms with Crippen molar-refractivity contribution >= 4 is 23.3 Å². The van der Waals surface area contributed by atoms with E-state index in [1.54, 1.807) is 28.6 Å². The zero-order chi connectivity index (χ0) is 21.5. The van der Waals surface area contributed by atoms with Crippen molar-refractivity contribution in [3.63, 3.8) is 0 Å². The summed E-state index contributed by atoms with van der Waals surface area (Å²) in [5.41, 5.74) is 1.24. The maximum atomic E-state index is 14.6. The third-order valence-electron chi connectivity index (χ3n) is 4.97. The van der Waals surface area contributed by atoms with E-state index in [0.717, 1.165) is 18.6 Å². The SMILES string of the molecule is Cc1ncc(-c2ccc(Nc3nc4n(n3)CCCN4c3ccc(F)c(F)c3)cc2F)o1. The summed E-state index contributed by atoms with van der Waals surface area (Å²) in [5, 5.41) is 7.40. The highest BCUT2D eigenvalue weighted by Crippen LogP contribution is 2.31. The maximum Gasteiger partial charge on any atom is 0.248 e. The first-order chi connectivity index (χ1) is 15.0. The van der Waals surface area contributed by atoms with Gasteiger partial charge in [0.1, 0.15) is 5.82 Å². The molecule has 2 aromatic heterocycles. The smallest absolute Gasteiger partial charge is 0.248 e. The van der Waals surface area contributed by atoms with Crippen LogP contribution in [0.3, 0.4) is 0 Å². The van der Waals surface area contributed by atoms with Gasteiger partial charge in [0.15, 0.2) is 23.3 Å². The number of rotatable bonds is 4. The average Bonchev–Trinajstić information content (AvgIpc) is 3.35. The van der Waals surface area contributed by atoms with Gasteiger partial charge in [-0.05, 0) is 36.8 Å². The molecule has 1 aliphatic rings. The van der Waals surface area contributed by atoms with Gasteiger partial charge in [0.05, 0.1) is 11.8 Å². The Balaban J connectivity index is 1.41. The van der Waals surface area contributed by atoms with E-state index >= 15 is 0 Å². The second-order valence-electron chi connectivity index (χ2n) is 7.13. The minimum absolute atomic E-state index is 0.271. The highest BCUT2D eigenvalue weighted by Gasteiger charge is 2.23. The van der Waals surface area contributed by atoms with Crippen molar-refractivity contribution in [2.45, 2.75) is 19.9 Å². The number of nitrogens with one attached hydrogen (secondary N) is 1. The highest BCUT2D eigenvalue weighted by atomic mass is 19.2. The minimum atomic E-state index is -0.926. The summed E-state index contributed by atoms with van der Waals surface area (Å²) in [6.07, 6.45) is 2.23. The van der Waals surface area contributed by atoms with E-state index in [1.807, 2.05) is 0 Å². The fourth-order valence-corrected chi connectivity index (χ4v) is 3.52. The number of anilines is 4. The Bertz CT molecular complexity index is 1270. The second-order valence-corrected chi connectivity index (χ2v) is 7.13. The van der Waals surface area contributed by atoms with Crippen LogP contribution >= 0.6 is 0 Å². The van der Waals surface area contributed by atoms with E-state index in [9.17, 15) is 13.2 Å². The minimum Gasteiger partial charge on any atom is -0.441 e. The van der Waals surface area contributed by atoms with E-state index in [0.29, 0.717) is 47.6 Å². The molecule has 0 unspecified atom stereocenters. The first-order valence-corrected chi connectivity index (χ1v) is 9.65. The molecule has 10 heteroatoms. The van der Waals surface area contributed by atoms with Gasteiger partial charge in [-0.1, -0.05) is 0 Å². The molecule has 1 aliphatic heterocycles. The molecule has 0 radical (unpaired) electrons. The number of hydrogen-bond donors (Lipinski definition) is 1. The van der Waals surface area contributed by atoms with Gasteiger partial charge >= 0.3 is 0 Å². The van der Waals surface area contributed by atoms with Crippen molar-refractivity contribution in [1.29, 1.82) is 0 Å². The monoisotopic (exact) mass is 426 g/mol. The molecule has 3 heterocycles.